The SMILES string of the molecule is [B]c1cc(/C(=C/C=C)N/C(=C\CC(=O)Nc2ccc(C(=O)OCCCN3CCOCC3)cc2)CCC)ccc1C. The number of anilines is 1. The third-order valence-corrected chi connectivity index (χ3v) is 6.58. The lowest BCUT2D eigenvalue weighted by Crippen LogP contribution is -2.37. The lowest BCUT2D eigenvalue weighted by Gasteiger charge is -2.26. The highest BCUT2D eigenvalue weighted by molar-refractivity contribution is 6.33. The van der Waals surface area contributed by atoms with Crippen LogP contribution in [-0.4, -0.2) is 64.1 Å². The Hall–Kier alpha value is -3.62. The molecule has 2 N–H and O–H groups in total. The number of hydrogen-bond acceptors (Lipinski definition) is 6. The van der Waals surface area contributed by atoms with Crippen LogP contribution < -0.4 is 16.1 Å². The average molecular weight is 542 g/mol. The molecule has 1 heterocycles. The number of allylic oxidation sites excluding steroid dienone is 3. The molecular weight excluding hydrogens is 501 g/mol. The zero-order valence-corrected chi connectivity index (χ0v) is 23.7. The molecule has 1 fully saturated rings. The summed E-state index contributed by atoms with van der Waals surface area (Å²) in [7, 11) is 6.12. The van der Waals surface area contributed by atoms with Crippen LogP contribution >= 0.6 is 0 Å². The molecule has 0 bridgehead atoms. The summed E-state index contributed by atoms with van der Waals surface area (Å²) in [5.74, 6) is -0.514. The van der Waals surface area contributed by atoms with Gasteiger partial charge in [0.1, 0.15) is 7.85 Å². The van der Waals surface area contributed by atoms with Crippen molar-refractivity contribution in [2.75, 3.05) is 44.8 Å². The highest BCUT2D eigenvalue weighted by Gasteiger charge is 2.12. The predicted molar refractivity (Wildman–Crippen MR) is 163 cm³/mol. The van der Waals surface area contributed by atoms with Crippen molar-refractivity contribution in [2.24, 2.45) is 0 Å². The quantitative estimate of drug-likeness (QED) is 0.159. The number of rotatable bonds is 14. The standard InChI is InChI=1S/C32H40BN3O4/c1-4-7-27(34-30(8-5-2)26-10-9-24(3)29(33)23-26)15-16-31(37)35-28-13-11-25(12-14-28)32(38)40-20-6-17-36-18-21-39-22-19-36/h5,8-15,23,34H,2,4,6-7,16-22H2,1,3H3,(H,35,37)/b27-15-,30-8-. The van der Waals surface area contributed by atoms with Gasteiger partial charge in [0.05, 0.1) is 25.4 Å². The normalized spacial score (nSPS) is 14.4. The van der Waals surface area contributed by atoms with Crippen LogP contribution in [0, 0.1) is 6.92 Å². The van der Waals surface area contributed by atoms with Crippen molar-refractivity contribution in [1.29, 1.82) is 0 Å². The van der Waals surface area contributed by atoms with Crippen LogP contribution in [-0.2, 0) is 14.3 Å². The second-order valence-corrected chi connectivity index (χ2v) is 9.76. The molecule has 8 heteroatoms. The van der Waals surface area contributed by atoms with Crippen LogP contribution in [0.4, 0.5) is 5.69 Å². The van der Waals surface area contributed by atoms with Crippen molar-refractivity contribution >= 4 is 36.6 Å². The Bertz CT molecular complexity index is 1200. The smallest absolute Gasteiger partial charge is 0.338 e. The molecule has 2 aromatic carbocycles. The molecule has 2 aromatic rings. The Balaban J connectivity index is 1.50. The minimum atomic E-state index is -0.364. The third kappa shape index (κ3) is 10.2. The van der Waals surface area contributed by atoms with Gasteiger partial charge in [0.25, 0.3) is 0 Å². The molecule has 1 aliphatic rings. The van der Waals surface area contributed by atoms with E-state index in [4.69, 9.17) is 17.3 Å². The maximum absolute atomic E-state index is 12.7. The first-order valence-corrected chi connectivity index (χ1v) is 13.9. The van der Waals surface area contributed by atoms with Gasteiger partial charge in [-0.05, 0) is 55.7 Å². The van der Waals surface area contributed by atoms with Gasteiger partial charge in [-0.15, -0.1) is 0 Å². The molecule has 0 saturated carbocycles. The summed E-state index contributed by atoms with van der Waals surface area (Å²) in [6, 6.07) is 12.7. The monoisotopic (exact) mass is 541 g/mol. The van der Waals surface area contributed by atoms with Gasteiger partial charge in [-0.2, -0.15) is 0 Å². The molecule has 0 spiro atoms. The van der Waals surface area contributed by atoms with Crippen molar-refractivity contribution in [3.63, 3.8) is 0 Å². The minimum Gasteiger partial charge on any atom is -0.462 e. The van der Waals surface area contributed by atoms with Crippen molar-refractivity contribution in [3.05, 3.63) is 89.7 Å². The number of amides is 1. The van der Waals surface area contributed by atoms with E-state index in [2.05, 4.69) is 29.0 Å². The summed E-state index contributed by atoms with van der Waals surface area (Å²) in [5.41, 5.74) is 5.57. The lowest BCUT2D eigenvalue weighted by atomic mass is 9.89. The van der Waals surface area contributed by atoms with Crippen molar-refractivity contribution in [3.8, 4) is 0 Å². The number of nitrogens with one attached hydrogen (secondary N) is 2. The van der Waals surface area contributed by atoms with Crippen molar-refractivity contribution < 1.29 is 19.1 Å². The fourth-order valence-corrected chi connectivity index (χ4v) is 4.27. The Morgan fingerprint density at radius 1 is 1.12 bits per heavy atom. The zero-order chi connectivity index (χ0) is 28.7. The molecule has 2 radical (unpaired) electrons. The minimum absolute atomic E-state index is 0.150. The second kappa shape index (κ2) is 16.5. The summed E-state index contributed by atoms with van der Waals surface area (Å²) in [6.07, 6.45) is 8.20. The molecule has 1 saturated heterocycles. The second-order valence-electron chi connectivity index (χ2n) is 9.76. The summed E-state index contributed by atoms with van der Waals surface area (Å²) in [6.45, 7) is 12.5. The molecule has 3 rings (SSSR count). The number of carbonyl (C=O) groups is 2. The van der Waals surface area contributed by atoms with Crippen molar-refractivity contribution in [1.82, 2.24) is 10.2 Å². The van der Waals surface area contributed by atoms with Gasteiger partial charge >= 0.3 is 5.97 Å². The van der Waals surface area contributed by atoms with E-state index in [9.17, 15) is 9.59 Å². The number of aryl methyl sites for hydroxylation is 1. The number of benzene rings is 2. The van der Waals surface area contributed by atoms with Crippen LogP contribution in [0.5, 0.6) is 0 Å². The van der Waals surface area contributed by atoms with E-state index >= 15 is 0 Å². The topological polar surface area (TPSA) is 79.9 Å². The lowest BCUT2D eigenvalue weighted by molar-refractivity contribution is -0.115. The number of nitrogens with zero attached hydrogens (tertiary/aromatic N) is 1. The molecular formula is C32H40BN3O4. The molecule has 40 heavy (non-hydrogen) atoms. The van der Waals surface area contributed by atoms with Gasteiger partial charge in [0, 0.05) is 43.1 Å². The Morgan fingerprint density at radius 3 is 2.52 bits per heavy atom. The van der Waals surface area contributed by atoms with Crippen LogP contribution in [0.2, 0.25) is 0 Å². The van der Waals surface area contributed by atoms with Gasteiger partial charge in [-0.25, -0.2) is 4.79 Å². The molecule has 0 unspecified atom stereocenters. The van der Waals surface area contributed by atoms with Gasteiger partial charge in [-0.1, -0.05) is 61.3 Å². The number of carbonyl (C=O) groups excluding carboxylic acids is 2. The number of hydrogen-bond donors (Lipinski definition) is 2. The number of ether oxygens (including phenoxy) is 2. The van der Waals surface area contributed by atoms with Crippen LogP contribution in [0.25, 0.3) is 5.70 Å². The van der Waals surface area contributed by atoms with E-state index in [1.54, 1.807) is 30.3 Å². The number of morpholine rings is 1. The highest BCUT2D eigenvalue weighted by Crippen LogP contribution is 2.17. The third-order valence-electron chi connectivity index (χ3n) is 6.58. The zero-order valence-electron chi connectivity index (χ0n) is 23.7. The van der Waals surface area contributed by atoms with E-state index in [-0.39, 0.29) is 18.3 Å². The van der Waals surface area contributed by atoms with Gasteiger partial charge < -0.3 is 20.1 Å². The van der Waals surface area contributed by atoms with Crippen LogP contribution in [0.15, 0.2) is 73.0 Å². The molecule has 1 amide bonds. The number of esters is 1. The van der Waals surface area contributed by atoms with E-state index in [0.29, 0.717) is 17.9 Å². The molecule has 1 aliphatic heterocycles. The maximum atomic E-state index is 12.7. The summed E-state index contributed by atoms with van der Waals surface area (Å²) >= 11 is 0. The Morgan fingerprint density at radius 2 is 1.85 bits per heavy atom. The summed E-state index contributed by atoms with van der Waals surface area (Å²) < 4.78 is 10.7. The van der Waals surface area contributed by atoms with E-state index in [1.165, 1.54) is 0 Å². The fraction of sp³-hybridized carbons (Fsp3) is 0.375. The maximum Gasteiger partial charge on any atom is 0.338 e. The van der Waals surface area contributed by atoms with E-state index in [1.807, 2.05) is 37.3 Å². The first kappa shape index (κ1) is 30.9. The largest absolute Gasteiger partial charge is 0.462 e. The fourth-order valence-electron chi connectivity index (χ4n) is 4.27. The van der Waals surface area contributed by atoms with Crippen LogP contribution in [0.1, 0.15) is 54.1 Å². The Kier molecular flexibility index (Phi) is 12.7. The van der Waals surface area contributed by atoms with Gasteiger partial charge in [-0.3, -0.25) is 9.69 Å². The summed E-state index contributed by atoms with van der Waals surface area (Å²) in [4.78, 5) is 27.3. The Labute approximate surface area is 239 Å². The average Bonchev–Trinajstić information content (AvgIpc) is 2.96. The van der Waals surface area contributed by atoms with Gasteiger partial charge in [0.2, 0.25) is 5.91 Å². The molecule has 0 aromatic heterocycles. The molecule has 210 valence electrons. The van der Waals surface area contributed by atoms with Gasteiger partial charge in [0.15, 0.2) is 0 Å². The van der Waals surface area contributed by atoms with E-state index in [0.717, 1.165) is 80.1 Å². The molecule has 0 aliphatic carbocycles. The molecule has 7 nitrogen and oxygen atoms in total. The van der Waals surface area contributed by atoms with E-state index < -0.39 is 0 Å². The highest BCUT2D eigenvalue weighted by atomic mass is 16.5. The predicted octanol–water partition coefficient (Wildman–Crippen LogP) is 4.50. The van der Waals surface area contributed by atoms with Crippen LogP contribution in [0.3, 0.4) is 0 Å². The van der Waals surface area contributed by atoms with Crippen molar-refractivity contribution in [2.45, 2.75) is 39.5 Å². The first-order chi connectivity index (χ1) is 19.4. The first-order valence-electron chi connectivity index (χ1n) is 13.9. The summed E-state index contributed by atoms with van der Waals surface area (Å²) in [5, 5.41) is 6.34. The molecule has 0 atom stereocenters.